The Morgan fingerprint density at radius 2 is 2.16 bits per heavy atom. The summed E-state index contributed by atoms with van der Waals surface area (Å²) in [5.74, 6) is 0.560. The lowest BCUT2D eigenvalue weighted by atomic mass is 10.1. The lowest BCUT2D eigenvalue weighted by molar-refractivity contribution is 0.843. The molecule has 0 unspecified atom stereocenters. The summed E-state index contributed by atoms with van der Waals surface area (Å²) in [5.41, 5.74) is 3.22. The van der Waals surface area contributed by atoms with Gasteiger partial charge in [-0.3, -0.25) is 0 Å². The van der Waals surface area contributed by atoms with Crippen molar-refractivity contribution in [2.45, 2.75) is 13.3 Å². The molecule has 2 heterocycles. The van der Waals surface area contributed by atoms with Crippen LogP contribution in [0.25, 0.3) is 17.1 Å². The lowest BCUT2D eigenvalue weighted by Crippen LogP contribution is -2.02. The molecule has 0 saturated carbocycles. The molecule has 0 amide bonds. The molecular formula is C12H11IN6. The van der Waals surface area contributed by atoms with Gasteiger partial charge in [-0.05, 0) is 45.9 Å². The summed E-state index contributed by atoms with van der Waals surface area (Å²) in [6.45, 7) is 2.13. The molecule has 2 aromatic heterocycles. The van der Waals surface area contributed by atoms with Gasteiger partial charge in [0.05, 0.1) is 17.4 Å². The number of nitrogens with zero attached hydrogens (tertiary/aromatic N) is 5. The first-order chi connectivity index (χ1) is 9.31. The number of H-pyrrole nitrogens is 1. The smallest absolute Gasteiger partial charge is 0.208 e. The Hall–Kier alpha value is -1.77. The van der Waals surface area contributed by atoms with Crippen LogP contribution in [0.5, 0.6) is 0 Å². The third-order valence-electron chi connectivity index (χ3n) is 2.90. The predicted octanol–water partition coefficient (Wildman–Crippen LogP) is 2.22. The van der Waals surface area contributed by atoms with Crippen LogP contribution < -0.4 is 0 Å². The van der Waals surface area contributed by atoms with Gasteiger partial charge >= 0.3 is 0 Å². The van der Waals surface area contributed by atoms with Crippen LogP contribution in [0.2, 0.25) is 0 Å². The molecule has 0 fully saturated rings. The van der Waals surface area contributed by atoms with E-state index < -0.39 is 0 Å². The number of aromatic amines is 1. The number of halogens is 1. The summed E-state index contributed by atoms with van der Waals surface area (Å²) >= 11 is 2.25. The van der Waals surface area contributed by atoms with E-state index in [0.29, 0.717) is 5.82 Å². The van der Waals surface area contributed by atoms with Crippen LogP contribution in [-0.4, -0.2) is 30.4 Å². The van der Waals surface area contributed by atoms with Gasteiger partial charge in [0.2, 0.25) is 5.82 Å². The fourth-order valence-corrected chi connectivity index (χ4v) is 2.71. The van der Waals surface area contributed by atoms with Gasteiger partial charge in [-0.25, -0.2) is 4.68 Å². The van der Waals surface area contributed by atoms with Crippen LogP contribution in [0.15, 0.2) is 30.5 Å². The SMILES string of the molecule is CCc1ccccc1-n1ncc(-c2nn[nH]n2)c1I. The zero-order valence-corrected chi connectivity index (χ0v) is 12.4. The summed E-state index contributed by atoms with van der Waals surface area (Å²) in [6, 6.07) is 8.23. The summed E-state index contributed by atoms with van der Waals surface area (Å²) in [7, 11) is 0. The third kappa shape index (κ3) is 2.14. The van der Waals surface area contributed by atoms with Crippen molar-refractivity contribution in [1.29, 1.82) is 0 Å². The van der Waals surface area contributed by atoms with E-state index in [4.69, 9.17) is 0 Å². The summed E-state index contributed by atoms with van der Waals surface area (Å²) < 4.78 is 2.88. The van der Waals surface area contributed by atoms with Gasteiger partial charge in [0, 0.05) is 0 Å². The Labute approximate surface area is 123 Å². The minimum absolute atomic E-state index is 0.560. The van der Waals surface area contributed by atoms with Crippen LogP contribution in [-0.2, 0) is 6.42 Å². The van der Waals surface area contributed by atoms with Crippen molar-refractivity contribution < 1.29 is 0 Å². The second kappa shape index (κ2) is 5.08. The molecule has 0 aliphatic carbocycles. The second-order valence-corrected chi connectivity index (χ2v) is 5.00. The number of para-hydroxylation sites is 1. The van der Waals surface area contributed by atoms with Crippen LogP contribution in [0.1, 0.15) is 12.5 Å². The summed E-state index contributed by atoms with van der Waals surface area (Å²) in [4.78, 5) is 0. The molecule has 6 nitrogen and oxygen atoms in total. The van der Waals surface area contributed by atoms with E-state index in [-0.39, 0.29) is 0 Å². The van der Waals surface area contributed by atoms with E-state index in [9.17, 15) is 0 Å². The van der Waals surface area contributed by atoms with Crippen LogP contribution in [0, 0.1) is 3.70 Å². The van der Waals surface area contributed by atoms with Crippen molar-refractivity contribution in [2.24, 2.45) is 0 Å². The topological polar surface area (TPSA) is 72.3 Å². The van der Waals surface area contributed by atoms with E-state index in [1.54, 1.807) is 6.20 Å². The molecule has 0 radical (unpaired) electrons. The van der Waals surface area contributed by atoms with Crippen molar-refractivity contribution in [3.05, 3.63) is 39.7 Å². The standard InChI is InChI=1S/C12H11IN6/c1-2-8-5-3-4-6-10(8)19-11(13)9(7-14-19)12-15-17-18-16-12/h3-7H,2H2,1H3,(H,15,16,17,18). The number of nitrogens with one attached hydrogen (secondary N) is 1. The number of tetrazole rings is 1. The fourth-order valence-electron chi connectivity index (χ4n) is 1.94. The van der Waals surface area contributed by atoms with E-state index in [2.05, 4.69) is 67.4 Å². The van der Waals surface area contributed by atoms with Crippen LogP contribution >= 0.6 is 22.6 Å². The molecule has 3 rings (SSSR count). The highest BCUT2D eigenvalue weighted by atomic mass is 127. The summed E-state index contributed by atoms with van der Waals surface area (Å²) in [5, 5.41) is 18.5. The fraction of sp³-hybridized carbons (Fsp3) is 0.167. The Balaban J connectivity index is 2.12. The Morgan fingerprint density at radius 1 is 1.32 bits per heavy atom. The highest BCUT2D eigenvalue weighted by Gasteiger charge is 2.15. The maximum Gasteiger partial charge on any atom is 0.208 e. The molecule has 7 heteroatoms. The minimum atomic E-state index is 0.560. The van der Waals surface area contributed by atoms with Crippen molar-refractivity contribution in [2.75, 3.05) is 0 Å². The molecule has 1 N–H and O–H groups in total. The zero-order valence-electron chi connectivity index (χ0n) is 10.2. The molecular weight excluding hydrogens is 355 g/mol. The predicted molar refractivity (Wildman–Crippen MR) is 78.8 cm³/mol. The van der Waals surface area contributed by atoms with E-state index in [0.717, 1.165) is 21.4 Å². The van der Waals surface area contributed by atoms with Gasteiger partial charge in [0.25, 0.3) is 0 Å². The maximum atomic E-state index is 4.44. The van der Waals surface area contributed by atoms with E-state index in [1.807, 2.05) is 16.8 Å². The molecule has 0 saturated heterocycles. The minimum Gasteiger partial charge on any atom is -0.227 e. The third-order valence-corrected chi connectivity index (χ3v) is 3.94. The van der Waals surface area contributed by atoms with E-state index in [1.165, 1.54) is 5.56 Å². The van der Waals surface area contributed by atoms with Crippen molar-refractivity contribution >= 4 is 22.6 Å². The van der Waals surface area contributed by atoms with E-state index >= 15 is 0 Å². The van der Waals surface area contributed by atoms with Crippen molar-refractivity contribution in [1.82, 2.24) is 30.4 Å². The molecule has 0 atom stereocenters. The normalized spacial score (nSPS) is 10.8. The second-order valence-electron chi connectivity index (χ2n) is 3.98. The first kappa shape index (κ1) is 12.3. The Bertz CT molecular complexity index is 688. The summed E-state index contributed by atoms with van der Waals surface area (Å²) in [6.07, 6.45) is 2.72. The molecule has 0 aliphatic heterocycles. The number of aromatic nitrogens is 6. The molecule has 96 valence electrons. The number of hydrogen-bond donors (Lipinski definition) is 1. The van der Waals surface area contributed by atoms with Gasteiger partial charge in [-0.1, -0.05) is 25.1 Å². The molecule has 0 bridgehead atoms. The number of rotatable bonds is 3. The average Bonchev–Trinajstić information content (AvgIpc) is 3.08. The van der Waals surface area contributed by atoms with Gasteiger partial charge in [-0.15, -0.1) is 10.2 Å². The van der Waals surface area contributed by atoms with Crippen molar-refractivity contribution in [3.8, 4) is 17.1 Å². The average molecular weight is 366 g/mol. The quantitative estimate of drug-likeness (QED) is 0.722. The molecule has 1 aromatic carbocycles. The van der Waals surface area contributed by atoms with Gasteiger partial charge in [0.15, 0.2) is 0 Å². The maximum absolute atomic E-state index is 4.44. The lowest BCUT2D eigenvalue weighted by Gasteiger charge is -2.08. The number of aryl methyl sites for hydroxylation is 1. The molecule has 19 heavy (non-hydrogen) atoms. The molecule has 0 spiro atoms. The van der Waals surface area contributed by atoms with Gasteiger partial charge in [0.1, 0.15) is 3.70 Å². The van der Waals surface area contributed by atoms with Crippen LogP contribution in [0.4, 0.5) is 0 Å². The molecule has 3 aromatic rings. The zero-order chi connectivity index (χ0) is 13.2. The largest absolute Gasteiger partial charge is 0.227 e. The van der Waals surface area contributed by atoms with Gasteiger partial charge in [-0.2, -0.15) is 10.3 Å². The number of hydrogen-bond acceptors (Lipinski definition) is 4. The Morgan fingerprint density at radius 3 is 2.89 bits per heavy atom. The number of benzene rings is 1. The highest BCUT2D eigenvalue weighted by Crippen LogP contribution is 2.25. The Kier molecular flexibility index (Phi) is 3.28. The van der Waals surface area contributed by atoms with Crippen LogP contribution in [0.3, 0.4) is 0 Å². The monoisotopic (exact) mass is 366 g/mol. The first-order valence-corrected chi connectivity index (χ1v) is 6.94. The van der Waals surface area contributed by atoms with Crippen molar-refractivity contribution in [3.63, 3.8) is 0 Å². The first-order valence-electron chi connectivity index (χ1n) is 5.87. The molecule has 0 aliphatic rings. The highest BCUT2D eigenvalue weighted by molar-refractivity contribution is 14.1. The van der Waals surface area contributed by atoms with Gasteiger partial charge < -0.3 is 0 Å².